The van der Waals surface area contributed by atoms with Crippen molar-refractivity contribution in [1.29, 1.82) is 0 Å². The normalized spacial score (nSPS) is 23.2. The predicted molar refractivity (Wildman–Crippen MR) is 82.7 cm³/mol. The molecule has 1 aromatic rings. The Morgan fingerprint density at radius 3 is 2.95 bits per heavy atom. The van der Waals surface area contributed by atoms with Crippen LogP contribution in [0.3, 0.4) is 0 Å². The molecule has 1 amide bonds. The molecule has 0 aliphatic carbocycles. The quantitative estimate of drug-likeness (QED) is 0.857. The lowest BCUT2D eigenvalue weighted by atomic mass is 9.94. The SMILES string of the molecule is Cc1cc(Br)c(NC(=O)C2CC(C)CCN2)cc1Cl. The number of carbonyl (C=O) groups excluding carboxylic acids is 1. The van der Waals surface area contributed by atoms with E-state index in [1.54, 1.807) is 6.07 Å². The highest BCUT2D eigenvalue weighted by atomic mass is 79.9. The largest absolute Gasteiger partial charge is 0.324 e. The van der Waals surface area contributed by atoms with E-state index in [1.807, 2.05) is 13.0 Å². The summed E-state index contributed by atoms with van der Waals surface area (Å²) in [6.45, 7) is 5.01. The Morgan fingerprint density at radius 2 is 2.26 bits per heavy atom. The zero-order chi connectivity index (χ0) is 14.0. The number of benzene rings is 1. The number of nitrogens with one attached hydrogen (secondary N) is 2. The minimum absolute atomic E-state index is 0.00664. The summed E-state index contributed by atoms with van der Waals surface area (Å²) in [7, 11) is 0. The lowest BCUT2D eigenvalue weighted by Crippen LogP contribution is -2.45. The van der Waals surface area contributed by atoms with Crippen LogP contribution in [0, 0.1) is 12.8 Å². The molecule has 2 unspecified atom stereocenters. The zero-order valence-corrected chi connectivity index (χ0v) is 13.4. The molecule has 0 radical (unpaired) electrons. The first-order valence-electron chi connectivity index (χ1n) is 6.47. The van der Waals surface area contributed by atoms with Crippen molar-refractivity contribution in [3.8, 4) is 0 Å². The molecular formula is C14H18BrClN2O. The van der Waals surface area contributed by atoms with Gasteiger partial charge < -0.3 is 10.6 Å². The number of carbonyl (C=O) groups is 1. The van der Waals surface area contributed by atoms with Crippen molar-refractivity contribution in [3.05, 3.63) is 27.2 Å². The van der Waals surface area contributed by atoms with E-state index in [9.17, 15) is 4.79 Å². The van der Waals surface area contributed by atoms with Gasteiger partial charge in [0, 0.05) is 9.50 Å². The third-order valence-electron chi connectivity index (χ3n) is 3.49. The number of amides is 1. The lowest BCUT2D eigenvalue weighted by molar-refractivity contribution is -0.119. The smallest absolute Gasteiger partial charge is 0.241 e. The van der Waals surface area contributed by atoms with Gasteiger partial charge >= 0.3 is 0 Å². The third-order valence-corrected chi connectivity index (χ3v) is 4.55. The molecule has 2 N–H and O–H groups in total. The summed E-state index contributed by atoms with van der Waals surface area (Å²) in [4.78, 5) is 12.2. The Balaban J connectivity index is 2.08. The number of halogens is 2. The summed E-state index contributed by atoms with van der Waals surface area (Å²) in [6, 6.07) is 3.58. The van der Waals surface area contributed by atoms with Crippen molar-refractivity contribution in [2.75, 3.05) is 11.9 Å². The Labute approximate surface area is 127 Å². The number of anilines is 1. The Kier molecular flexibility index (Phi) is 4.87. The van der Waals surface area contributed by atoms with Gasteiger partial charge in [-0.1, -0.05) is 18.5 Å². The molecule has 19 heavy (non-hydrogen) atoms. The van der Waals surface area contributed by atoms with Gasteiger partial charge in [-0.25, -0.2) is 0 Å². The molecule has 104 valence electrons. The van der Waals surface area contributed by atoms with Crippen molar-refractivity contribution < 1.29 is 4.79 Å². The van der Waals surface area contributed by atoms with E-state index in [1.165, 1.54) is 0 Å². The number of hydrogen-bond acceptors (Lipinski definition) is 2. The third kappa shape index (κ3) is 3.71. The van der Waals surface area contributed by atoms with Crippen molar-refractivity contribution in [2.45, 2.75) is 32.7 Å². The van der Waals surface area contributed by atoms with Gasteiger partial charge in [-0.2, -0.15) is 0 Å². The Hall–Kier alpha value is -0.580. The van der Waals surface area contributed by atoms with Crippen LogP contribution in [-0.2, 0) is 4.79 Å². The molecule has 1 aromatic carbocycles. The number of aryl methyl sites for hydroxylation is 1. The first-order valence-corrected chi connectivity index (χ1v) is 7.64. The van der Waals surface area contributed by atoms with Crippen LogP contribution in [0.25, 0.3) is 0 Å². The molecule has 2 rings (SSSR count). The standard InChI is InChI=1S/C14H18BrClN2O/c1-8-3-4-17-13(5-8)14(19)18-12-7-11(16)9(2)6-10(12)15/h6-8,13,17H,3-5H2,1-2H3,(H,18,19). The van der Waals surface area contributed by atoms with Gasteiger partial charge in [0.1, 0.15) is 0 Å². The van der Waals surface area contributed by atoms with Crippen LogP contribution in [0.5, 0.6) is 0 Å². The van der Waals surface area contributed by atoms with Crippen LogP contribution >= 0.6 is 27.5 Å². The molecule has 2 atom stereocenters. The second kappa shape index (κ2) is 6.25. The summed E-state index contributed by atoms with van der Waals surface area (Å²) < 4.78 is 0.853. The van der Waals surface area contributed by atoms with Gasteiger partial charge in [0.05, 0.1) is 11.7 Å². The van der Waals surface area contributed by atoms with Gasteiger partial charge in [0.2, 0.25) is 5.91 Å². The Morgan fingerprint density at radius 1 is 1.53 bits per heavy atom. The lowest BCUT2D eigenvalue weighted by Gasteiger charge is -2.27. The first-order chi connectivity index (χ1) is 8.97. The average molecular weight is 346 g/mol. The van der Waals surface area contributed by atoms with E-state index in [0.29, 0.717) is 10.9 Å². The molecule has 1 fully saturated rings. The average Bonchev–Trinajstić information content (AvgIpc) is 2.36. The number of piperidine rings is 1. The van der Waals surface area contributed by atoms with Crippen LogP contribution in [-0.4, -0.2) is 18.5 Å². The molecule has 0 bridgehead atoms. The summed E-state index contributed by atoms with van der Waals surface area (Å²) in [5.74, 6) is 0.592. The summed E-state index contributed by atoms with van der Waals surface area (Å²) >= 11 is 9.54. The van der Waals surface area contributed by atoms with E-state index in [4.69, 9.17) is 11.6 Å². The topological polar surface area (TPSA) is 41.1 Å². The van der Waals surface area contributed by atoms with Crippen LogP contribution in [0.15, 0.2) is 16.6 Å². The first kappa shape index (κ1) is 14.8. The van der Waals surface area contributed by atoms with Crippen molar-refractivity contribution >= 4 is 39.1 Å². The van der Waals surface area contributed by atoms with Crippen LogP contribution in [0.2, 0.25) is 5.02 Å². The monoisotopic (exact) mass is 344 g/mol. The molecule has 3 nitrogen and oxygen atoms in total. The maximum Gasteiger partial charge on any atom is 0.241 e. The van der Waals surface area contributed by atoms with E-state index >= 15 is 0 Å². The molecule has 1 aliphatic rings. The van der Waals surface area contributed by atoms with Crippen molar-refractivity contribution in [3.63, 3.8) is 0 Å². The maximum absolute atomic E-state index is 12.2. The Bertz CT molecular complexity index is 493. The van der Waals surface area contributed by atoms with Crippen molar-refractivity contribution in [2.24, 2.45) is 5.92 Å². The second-order valence-electron chi connectivity index (χ2n) is 5.21. The summed E-state index contributed by atoms with van der Waals surface area (Å²) in [6.07, 6.45) is 2.01. The van der Waals surface area contributed by atoms with Gasteiger partial charge in [0.25, 0.3) is 0 Å². The van der Waals surface area contributed by atoms with E-state index in [0.717, 1.165) is 35.1 Å². The van der Waals surface area contributed by atoms with E-state index in [2.05, 4.69) is 33.5 Å². The number of rotatable bonds is 2. The summed E-state index contributed by atoms with van der Waals surface area (Å²) in [5, 5.41) is 6.85. The van der Waals surface area contributed by atoms with Crippen LogP contribution in [0.4, 0.5) is 5.69 Å². The predicted octanol–water partition coefficient (Wildman–Crippen LogP) is 3.74. The fourth-order valence-electron chi connectivity index (χ4n) is 2.27. The van der Waals surface area contributed by atoms with Crippen molar-refractivity contribution in [1.82, 2.24) is 5.32 Å². The highest BCUT2D eigenvalue weighted by Crippen LogP contribution is 2.29. The van der Waals surface area contributed by atoms with Gasteiger partial charge in [-0.15, -0.1) is 0 Å². The van der Waals surface area contributed by atoms with Crippen LogP contribution in [0.1, 0.15) is 25.3 Å². The molecule has 0 saturated carbocycles. The number of hydrogen-bond donors (Lipinski definition) is 2. The molecule has 1 aliphatic heterocycles. The highest BCUT2D eigenvalue weighted by Gasteiger charge is 2.24. The molecule has 0 spiro atoms. The van der Waals surface area contributed by atoms with Gasteiger partial charge in [0.15, 0.2) is 0 Å². The van der Waals surface area contributed by atoms with Crippen LogP contribution < -0.4 is 10.6 Å². The minimum Gasteiger partial charge on any atom is -0.324 e. The van der Waals surface area contributed by atoms with Gasteiger partial charge in [-0.3, -0.25) is 4.79 Å². The highest BCUT2D eigenvalue weighted by molar-refractivity contribution is 9.10. The maximum atomic E-state index is 12.2. The van der Waals surface area contributed by atoms with E-state index < -0.39 is 0 Å². The molecule has 5 heteroatoms. The molecule has 1 saturated heterocycles. The summed E-state index contributed by atoms with van der Waals surface area (Å²) in [5.41, 5.74) is 1.71. The molecule has 1 heterocycles. The van der Waals surface area contributed by atoms with Gasteiger partial charge in [-0.05, 0) is 65.9 Å². The fraction of sp³-hybridized carbons (Fsp3) is 0.500. The fourth-order valence-corrected chi connectivity index (χ4v) is 2.99. The molecule has 0 aromatic heterocycles. The minimum atomic E-state index is -0.115. The second-order valence-corrected chi connectivity index (χ2v) is 6.47. The van der Waals surface area contributed by atoms with E-state index in [-0.39, 0.29) is 11.9 Å². The zero-order valence-electron chi connectivity index (χ0n) is 11.1. The molecular weight excluding hydrogens is 328 g/mol.